The SMILES string of the molecule is c1ccc(-c2ccc(-c3cc(-n4c5ccc(-c6ccccc6)cc5c5c6sc7ccccc7c6ccc54)nc4ccccc34)cc2)cc1. The molecule has 224 valence electrons. The Labute approximate surface area is 281 Å². The largest absolute Gasteiger partial charge is 0.294 e. The van der Waals surface area contributed by atoms with Crippen LogP contribution in [0.2, 0.25) is 0 Å². The van der Waals surface area contributed by atoms with Crippen LogP contribution in [0.25, 0.3) is 92.1 Å². The summed E-state index contributed by atoms with van der Waals surface area (Å²) >= 11 is 1.88. The molecule has 0 N–H and O–H groups in total. The lowest BCUT2D eigenvalue weighted by Gasteiger charge is -2.13. The molecule has 0 fully saturated rings. The van der Waals surface area contributed by atoms with E-state index in [0.717, 1.165) is 22.2 Å². The number of thiophene rings is 1. The van der Waals surface area contributed by atoms with Crippen molar-refractivity contribution in [1.82, 2.24) is 9.55 Å². The molecule has 0 aliphatic rings. The first kappa shape index (κ1) is 27.1. The number of para-hydroxylation sites is 1. The van der Waals surface area contributed by atoms with Gasteiger partial charge < -0.3 is 0 Å². The average Bonchev–Trinajstić information content (AvgIpc) is 3.70. The van der Waals surface area contributed by atoms with Crippen LogP contribution in [0.5, 0.6) is 0 Å². The zero-order valence-corrected chi connectivity index (χ0v) is 26.8. The van der Waals surface area contributed by atoms with Crippen LogP contribution in [-0.4, -0.2) is 9.55 Å². The molecule has 0 unspecified atom stereocenters. The maximum absolute atomic E-state index is 5.34. The van der Waals surface area contributed by atoms with Gasteiger partial charge in [0.1, 0.15) is 5.82 Å². The lowest BCUT2D eigenvalue weighted by Crippen LogP contribution is -1.99. The highest BCUT2D eigenvalue weighted by Crippen LogP contribution is 2.44. The molecule has 0 aliphatic heterocycles. The van der Waals surface area contributed by atoms with Gasteiger partial charge in [0.25, 0.3) is 0 Å². The van der Waals surface area contributed by atoms with Crippen molar-refractivity contribution in [2.45, 2.75) is 0 Å². The Morgan fingerprint density at radius 2 is 1.02 bits per heavy atom. The minimum absolute atomic E-state index is 0.920. The number of hydrogen-bond donors (Lipinski definition) is 0. The molecule has 0 atom stereocenters. The van der Waals surface area contributed by atoms with E-state index in [2.05, 4.69) is 174 Å². The maximum atomic E-state index is 5.34. The van der Waals surface area contributed by atoms with Crippen molar-refractivity contribution in [1.29, 1.82) is 0 Å². The quantitative estimate of drug-likeness (QED) is 0.190. The molecule has 0 bridgehead atoms. The van der Waals surface area contributed by atoms with Crippen molar-refractivity contribution in [2.75, 3.05) is 0 Å². The standard InChI is InChI=1S/C45H28N2S/c1-3-11-29(12-4-1)31-19-21-32(22-20-31)37-28-43(46-39-17-9-7-15-34(37)39)47-40-25-23-33(30-13-5-2-6-14-30)27-38(40)44-41(47)26-24-36-35-16-8-10-18-42(35)48-45(36)44/h1-28H. The zero-order chi connectivity index (χ0) is 31.6. The van der Waals surface area contributed by atoms with Crippen molar-refractivity contribution < 1.29 is 0 Å². The van der Waals surface area contributed by atoms with Gasteiger partial charge in [-0.2, -0.15) is 0 Å². The Morgan fingerprint density at radius 1 is 0.417 bits per heavy atom. The highest BCUT2D eigenvalue weighted by atomic mass is 32.1. The molecule has 3 heteroatoms. The van der Waals surface area contributed by atoms with Crippen LogP contribution in [0.15, 0.2) is 170 Å². The summed E-state index contributed by atoms with van der Waals surface area (Å²) in [6.45, 7) is 0. The predicted molar refractivity (Wildman–Crippen MR) is 205 cm³/mol. The smallest absolute Gasteiger partial charge is 0.138 e. The summed E-state index contributed by atoms with van der Waals surface area (Å²) in [6.07, 6.45) is 0. The zero-order valence-electron chi connectivity index (χ0n) is 26.0. The Hall–Kier alpha value is -6.03. The van der Waals surface area contributed by atoms with E-state index in [-0.39, 0.29) is 0 Å². The van der Waals surface area contributed by atoms with Gasteiger partial charge in [0.2, 0.25) is 0 Å². The third-order valence-electron chi connectivity index (χ3n) is 9.61. The normalized spacial score (nSPS) is 11.8. The van der Waals surface area contributed by atoms with E-state index in [0.29, 0.717) is 0 Å². The Bertz CT molecular complexity index is 2810. The van der Waals surface area contributed by atoms with Crippen LogP contribution in [0.3, 0.4) is 0 Å². The topological polar surface area (TPSA) is 17.8 Å². The summed E-state index contributed by atoms with van der Waals surface area (Å²) in [4.78, 5) is 5.34. The molecule has 0 spiro atoms. The second-order valence-electron chi connectivity index (χ2n) is 12.4. The number of fused-ring (bicyclic) bond motifs is 8. The van der Waals surface area contributed by atoms with E-state index in [1.807, 2.05) is 11.3 Å². The van der Waals surface area contributed by atoms with Crippen LogP contribution in [0.4, 0.5) is 0 Å². The molecule has 0 amide bonds. The first-order chi connectivity index (χ1) is 23.8. The molecule has 10 rings (SSSR count). The number of pyridine rings is 1. The maximum Gasteiger partial charge on any atom is 0.138 e. The molecule has 0 saturated heterocycles. The lowest BCUT2D eigenvalue weighted by atomic mass is 9.98. The second kappa shape index (κ2) is 10.8. The summed E-state index contributed by atoms with van der Waals surface area (Å²) in [5.41, 5.74) is 10.5. The molecule has 7 aromatic carbocycles. The van der Waals surface area contributed by atoms with E-state index >= 15 is 0 Å². The van der Waals surface area contributed by atoms with Crippen molar-refractivity contribution in [3.05, 3.63) is 170 Å². The number of aromatic nitrogens is 2. The molecule has 48 heavy (non-hydrogen) atoms. The van der Waals surface area contributed by atoms with Crippen LogP contribution < -0.4 is 0 Å². The summed E-state index contributed by atoms with van der Waals surface area (Å²) in [5, 5.41) is 6.28. The van der Waals surface area contributed by atoms with Crippen molar-refractivity contribution in [3.8, 4) is 39.2 Å². The van der Waals surface area contributed by atoms with Crippen molar-refractivity contribution >= 4 is 64.2 Å². The average molecular weight is 629 g/mol. The second-order valence-corrected chi connectivity index (χ2v) is 13.4. The fraction of sp³-hybridized carbons (Fsp3) is 0. The highest BCUT2D eigenvalue weighted by molar-refractivity contribution is 7.26. The summed E-state index contributed by atoms with van der Waals surface area (Å²) < 4.78 is 5.00. The van der Waals surface area contributed by atoms with Crippen molar-refractivity contribution in [3.63, 3.8) is 0 Å². The van der Waals surface area contributed by atoms with E-state index in [9.17, 15) is 0 Å². The van der Waals surface area contributed by atoms with E-state index in [1.165, 1.54) is 69.8 Å². The third kappa shape index (κ3) is 4.22. The monoisotopic (exact) mass is 628 g/mol. The Morgan fingerprint density at radius 3 is 1.81 bits per heavy atom. The van der Waals surface area contributed by atoms with Crippen LogP contribution in [0, 0.1) is 0 Å². The number of benzene rings is 7. The van der Waals surface area contributed by atoms with Gasteiger partial charge in [0.05, 0.1) is 16.6 Å². The van der Waals surface area contributed by atoms with Crippen LogP contribution in [0.1, 0.15) is 0 Å². The fourth-order valence-corrected chi connectivity index (χ4v) is 8.59. The van der Waals surface area contributed by atoms with Crippen molar-refractivity contribution in [2.24, 2.45) is 0 Å². The molecule has 3 aromatic heterocycles. The number of hydrogen-bond acceptors (Lipinski definition) is 2. The highest BCUT2D eigenvalue weighted by Gasteiger charge is 2.20. The first-order valence-electron chi connectivity index (χ1n) is 16.3. The molecule has 0 saturated carbocycles. The van der Waals surface area contributed by atoms with Gasteiger partial charge in [-0.05, 0) is 69.8 Å². The summed E-state index contributed by atoms with van der Waals surface area (Å²) in [5.74, 6) is 0.920. The minimum atomic E-state index is 0.920. The molecule has 0 aliphatic carbocycles. The van der Waals surface area contributed by atoms with Gasteiger partial charge in [-0.25, -0.2) is 4.98 Å². The van der Waals surface area contributed by atoms with Gasteiger partial charge in [0, 0.05) is 36.3 Å². The van der Waals surface area contributed by atoms with Crippen LogP contribution in [-0.2, 0) is 0 Å². The molecule has 3 heterocycles. The van der Waals surface area contributed by atoms with E-state index in [4.69, 9.17) is 4.98 Å². The fourth-order valence-electron chi connectivity index (χ4n) is 7.33. The Kier molecular flexibility index (Phi) is 6.08. The predicted octanol–water partition coefficient (Wildman–Crippen LogP) is 12.7. The summed E-state index contributed by atoms with van der Waals surface area (Å²) in [7, 11) is 0. The minimum Gasteiger partial charge on any atom is -0.294 e. The molecule has 10 aromatic rings. The molecular weight excluding hydrogens is 601 g/mol. The van der Waals surface area contributed by atoms with Crippen LogP contribution >= 0.6 is 11.3 Å². The van der Waals surface area contributed by atoms with Gasteiger partial charge in [-0.1, -0.05) is 133 Å². The summed E-state index contributed by atoms with van der Waals surface area (Å²) in [6, 6.07) is 61.2. The molecule has 0 radical (unpaired) electrons. The van der Waals surface area contributed by atoms with Gasteiger partial charge in [-0.15, -0.1) is 11.3 Å². The van der Waals surface area contributed by atoms with Gasteiger partial charge in [-0.3, -0.25) is 4.57 Å². The Balaban J connectivity index is 1.26. The third-order valence-corrected chi connectivity index (χ3v) is 10.8. The first-order valence-corrected chi connectivity index (χ1v) is 17.1. The van der Waals surface area contributed by atoms with E-state index < -0.39 is 0 Å². The molecular formula is C45H28N2S. The van der Waals surface area contributed by atoms with E-state index in [1.54, 1.807) is 0 Å². The lowest BCUT2D eigenvalue weighted by molar-refractivity contribution is 1.10. The number of nitrogens with zero attached hydrogens (tertiary/aromatic N) is 2. The van der Waals surface area contributed by atoms with Gasteiger partial charge in [0.15, 0.2) is 0 Å². The number of rotatable bonds is 4. The molecule has 2 nitrogen and oxygen atoms in total. The van der Waals surface area contributed by atoms with Gasteiger partial charge >= 0.3 is 0 Å².